The average molecular weight is 167 g/mol. The summed E-state index contributed by atoms with van der Waals surface area (Å²) in [6.07, 6.45) is 1.92. The van der Waals surface area contributed by atoms with Crippen molar-refractivity contribution in [3.63, 3.8) is 0 Å². The van der Waals surface area contributed by atoms with Gasteiger partial charge in [-0.05, 0) is 27.8 Å². The Morgan fingerprint density at radius 3 is 2.75 bits per heavy atom. The minimum Gasteiger partial charge on any atom is -0.329 e. The van der Waals surface area contributed by atoms with Crippen LogP contribution in [0.3, 0.4) is 0 Å². The molecule has 3 heteroatoms. The van der Waals surface area contributed by atoms with Crippen LogP contribution in [0.4, 0.5) is 0 Å². The summed E-state index contributed by atoms with van der Waals surface area (Å²) in [4.78, 5) is 4.33. The normalized spacial score (nSPS) is 11.1. The summed E-state index contributed by atoms with van der Waals surface area (Å²) in [5.74, 6) is 1.12. The van der Waals surface area contributed by atoms with E-state index in [1.54, 1.807) is 0 Å². The van der Waals surface area contributed by atoms with E-state index in [0.717, 1.165) is 12.4 Å². The number of rotatable bonds is 3. The van der Waals surface area contributed by atoms with Gasteiger partial charge in [0, 0.05) is 17.9 Å². The quantitative estimate of drug-likeness (QED) is 0.739. The molecule has 12 heavy (non-hydrogen) atoms. The van der Waals surface area contributed by atoms with E-state index in [1.807, 2.05) is 13.2 Å². The molecule has 0 bridgehead atoms. The van der Waals surface area contributed by atoms with Crippen LogP contribution in [0.25, 0.3) is 0 Å². The monoisotopic (exact) mass is 167 g/mol. The highest BCUT2D eigenvalue weighted by atomic mass is 15.1. The molecule has 3 nitrogen and oxygen atoms in total. The lowest BCUT2D eigenvalue weighted by atomic mass is 10.3. The molecule has 0 aliphatic heterocycles. The third-order valence-electron chi connectivity index (χ3n) is 1.91. The molecule has 0 radical (unpaired) electrons. The molecule has 1 N–H and O–H groups in total. The van der Waals surface area contributed by atoms with E-state index in [-0.39, 0.29) is 0 Å². The molecule has 0 saturated carbocycles. The first-order chi connectivity index (χ1) is 5.66. The van der Waals surface area contributed by atoms with Crippen molar-refractivity contribution < 1.29 is 0 Å². The maximum absolute atomic E-state index is 4.33. The van der Waals surface area contributed by atoms with Gasteiger partial charge in [0.25, 0.3) is 0 Å². The Kier molecular flexibility index (Phi) is 2.87. The maximum atomic E-state index is 4.33. The summed E-state index contributed by atoms with van der Waals surface area (Å²) < 4.78 is 2.25. The lowest BCUT2D eigenvalue weighted by Gasteiger charge is -2.13. The van der Waals surface area contributed by atoms with Crippen LogP contribution in [0.2, 0.25) is 0 Å². The molecule has 0 aliphatic carbocycles. The fourth-order valence-corrected chi connectivity index (χ4v) is 1.49. The number of imidazole rings is 1. The topological polar surface area (TPSA) is 29.9 Å². The highest BCUT2D eigenvalue weighted by molar-refractivity contribution is 5.04. The van der Waals surface area contributed by atoms with Gasteiger partial charge in [-0.15, -0.1) is 0 Å². The zero-order valence-corrected chi connectivity index (χ0v) is 8.26. The zero-order valence-electron chi connectivity index (χ0n) is 8.26. The molecule has 0 amide bonds. The smallest absolute Gasteiger partial charge is 0.123 e. The van der Waals surface area contributed by atoms with Crippen LogP contribution in [-0.2, 0) is 6.54 Å². The molecule has 1 aromatic rings. The number of hydrogen-bond acceptors (Lipinski definition) is 2. The molecule has 68 valence electrons. The van der Waals surface area contributed by atoms with E-state index in [2.05, 4.69) is 35.6 Å². The van der Waals surface area contributed by atoms with Crippen LogP contribution >= 0.6 is 0 Å². The highest BCUT2D eigenvalue weighted by Crippen LogP contribution is 2.12. The Morgan fingerprint density at radius 2 is 2.25 bits per heavy atom. The van der Waals surface area contributed by atoms with Gasteiger partial charge in [-0.1, -0.05) is 0 Å². The molecule has 1 rings (SSSR count). The molecule has 1 aromatic heterocycles. The van der Waals surface area contributed by atoms with Crippen LogP contribution in [0.5, 0.6) is 0 Å². The summed E-state index contributed by atoms with van der Waals surface area (Å²) in [7, 11) is 1.94. The lowest BCUT2D eigenvalue weighted by Crippen LogP contribution is -2.14. The summed E-state index contributed by atoms with van der Waals surface area (Å²) in [6.45, 7) is 7.28. The highest BCUT2D eigenvalue weighted by Gasteiger charge is 2.07. The second-order valence-electron chi connectivity index (χ2n) is 3.31. The Morgan fingerprint density at radius 1 is 1.58 bits per heavy atom. The van der Waals surface area contributed by atoms with Crippen LogP contribution in [0, 0.1) is 6.92 Å². The zero-order chi connectivity index (χ0) is 9.14. The van der Waals surface area contributed by atoms with Gasteiger partial charge in [-0.3, -0.25) is 0 Å². The lowest BCUT2D eigenvalue weighted by molar-refractivity contribution is 0.544. The average Bonchev–Trinajstić information content (AvgIpc) is 2.32. The Labute approximate surface area is 73.8 Å². The van der Waals surface area contributed by atoms with E-state index >= 15 is 0 Å². The third-order valence-corrected chi connectivity index (χ3v) is 1.91. The van der Waals surface area contributed by atoms with Gasteiger partial charge in [0.15, 0.2) is 0 Å². The second-order valence-corrected chi connectivity index (χ2v) is 3.31. The number of nitrogens with zero attached hydrogens (tertiary/aromatic N) is 2. The van der Waals surface area contributed by atoms with E-state index < -0.39 is 0 Å². The fraction of sp³-hybridized carbons (Fsp3) is 0.667. The Bertz CT molecular complexity index is 250. The number of aromatic nitrogens is 2. The Hall–Kier alpha value is -0.830. The molecule has 0 unspecified atom stereocenters. The van der Waals surface area contributed by atoms with Gasteiger partial charge in [-0.2, -0.15) is 0 Å². The first-order valence-electron chi connectivity index (χ1n) is 4.34. The minimum atomic E-state index is 0.496. The van der Waals surface area contributed by atoms with Gasteiger partial charge in [0.05, 0.1) is 6.54 Å². The predicted octanol–water partition coefficient (Wildman–Crippen LogP) is 1.49. The largest absolute Gasteiger partial charge is 0.329 e. The van der Waals surface area contributed by atoms with E-state index in [0.29, 0.717) is 6.04 Å². The first-order valence-corrected chi connectivity index (χ1v) is 4.34. The van der Waals surface area contributed by atoms with Crippen molar-refractivity contribution in [2.75, 3.05) is 7.05 Å². The van der Waals surface area contributed by atoms with Crippen molar-refractivity contribution in [3.8, 4) is 0 Å². The minimum absolute atomic E-state index is 0.496. The van der Waals surface area contributed by atoms with Gasteiger partial charge < -0.3 is 9.88 Å². The van der Waals surface area contributed by atoms with Crippen molar-refractivity contribution >= 4 is 0 Å². The summed E-state index contributed by atoms with van der Waals surface area (Å²) in [5, 5.41) is 3.11. The van der Waals surface area contributed by atoms with Gasteiger partial charge in [0.1, 0.15) is 5.82 Å². The molecular weight excluding hydrogens is 150 g/mol. The van der Waals surface area contributed by atoms with Crippen LogP contribution in [-0.4, -0.2) is 16.6 Å². The standard InChI is InChI=1S/C9H17N3/c1-7(2)12-8(3)5-11-9(12)6-10-4/h5,7,10H,6H2,1-4H3. The van der Waals surface area contributed by atoms with Crippen molar-refractivity contribution in [2.45, 2.75) is 33.4 Å². The van der Waals surface area contributed by atoms with Crippen molar-refractivity contribution in [2.24, 2.45) is 0 Å². The molecule has 0 saturated heterocycles. The van der Waals surface area contributed by atoms with Crippen LogP contribution < -0.4 is 5.32 Å². The molecule has 1 heterocycles. The second kappa shape index (κ2) is 3.72. The van der Waals surface area contributed by atoms with Gasteiger partial charge >= 0.3 is 0 Å². The molecule has 0 aliphatic rings. The fourth-order valence-electron chi connectivity index (χ4n) is 1.49. The number of hydrogen-bond donors (Lipinski definition) is 1. The van der Waals surface area contributed by atoms with Gasteiger partial charge in [-0.25, -0.2) is 4.98 Å². The molecule has 0 spiro atoms. The SMILES string of the molecule is CNCc1ncc(C)n1C(C)C. The van der Waals surface area contributed by atoms with Crippen molar-refractivity contribution in [1.82, 2.24) is 14.9 Å². The summed E-state index contributed by atoms with van der Waals surface area (Å²) in [6, 6.07) is 0.496. The maximum Gasteiger partial charge on any atom is 0.123 e. The summed E-state index contributed by atoms with van der Waals surface area (Å²) in [5.41, 5.74) is 1.23. The Balaban J connectivity index is 2.95. The molecule has 0 fully saturated rings. The molecule has 0 aromatic carbocycles. The molecular formula is C9H17N3. The molecule has 0 atom stereocenters. The predicted molar refractivity (Wildman–Crippen MR) is 50.1 cm³/mol. The van der Waals surface area contributed by atoms with E-state index in [9.17, 15) is 0 Å². The summed E-state index contributed by atoms with van der Waals surface area (Å²) >= 11 is 0. The van der Waals surface area contributed by atoms with Gasteiger partial charge in [0.2, 0.25) is 0 Å². The van der Waals surface area contributed by atoms with E-state index in [1.165, 1.54) is 5.69 Å². The number of aryl methyl sites for hydroxylation is 1. The van der Waals surface area contributed by atoms with Crippen molar-refractivity contribution in [3.05, 3.63) is 17.7 Å². The first kappa shape index (κ1) is 9.26. The van der Waals surface area contributed by atoms with Crippen molar-refractivity contribution in [1.29, 1.82) is 0 Å². The van der Waals surface area contributed by atoms with E-state index in [4.69, 9.17) is 0 Å². The third kappa shape index (κ3) is 1.67. The van der Waals surface area contributed by atoms with Crippen LogP contribution in [0.1, 0.15) is 31.4 Å². The number of nitrogens with one attached hydrogen (secondary N) is 1. The van der Waals surface area contributed by atoms with Crippen LogP contribution in [0.15, 0.2) is 6.20 Å².